The molecule has 0 bridgehead atoms. The maximum atomic E-state index is 5.30. The van der Waals surface area contributed by atoms with Crippen LogP contribution in [0.25, 0.3) is 197 Å². The van der Waals surface area contributed by atoms with Crippen LogP contribution in [0.15, 0.2) is 497 Å². The molecule has 28 rings (SSSR count). The van der Waals surface area contributed by atoms with Gasteiger partial charge in [-0.2, -0.15) is 9.97 Å². The molecule has 6 aromatic heterocycles. The van der Waals surface area contributed by atoms with E-state index < -0.39 is 0 Å². The van der Waals surface area contributed by atoms with Gasteiger partial charge in [0.2, 0.25) is 23.8 Å². The summed E-state index contributed by atoms with van der Waals surface area (Å²) < 4.78 is 6.75. The minimum atomic E-state index is 0.489. The standard InChI is InChI=1S/C46H30N6.2C40H26N6/c1-3-15-31(16-4-1)32-27-29-34(30-28-32)44-48-43(33-17-5-2-6-18-33)49-45(50-44)37-21-9-13-25-41(37)51-39-23-11-7-19-35(39)36-20-8-12-24-40(36)52-42-26-14-10-22-38(42)47-46(51)52;1-3-15-27(16-4-1)37-42-38(28-17-5-2-6-18-28)44-39(43-37)31-21-9-13-25-35(31)45-33-23-11-7-19-29(33)30-20-8-12-24-34(30)46-36-26-14-10-22-32(36)41-40(45)46;1-3-15-27(16-4-1)29-19-7-8-22-32(29)38-42-37(28-17-5-2-6-18-28)43-39(44-38)46-35-25-13-10-21-31(35)30-20-9-12-24-34(30)45-36-26-14-11-23-33(36)41-40(45)46/h1-30H;2*1-26H. The van der Waals surface area contributed by atoms with Gasteiger partial charge in [-0.15, -0.1) is 0 Å². The molecule has 18 nitrogen and oxygen atoms in total. The number of nitrogens with zero attached hydrogens (tertiary/aromatic N) is 18. The van der Waals surface area contributed by atoms with Crippen molar-refractivity contribution in [3.05, 3.63) is 497 Å². The van der Waals surface area contributed by atoms with Crippen LogP contribution < -0.4 is 14.7 Å². The highest BCUT2D eigenvalue weighted by molar-refractivity contribution is 6.03. The molecule has 19 aromatic carbocycles. The lowest BCUT2D eigenvalue weighted by atomic mass is 9.99. The second-order valence-electron chi connectivity index (χ2n) is 35.1. The molecule has 0 amide bonds. The molecule has 0 aliphatic carbocycles. The molecule has 0 atom stereocenters. The van der Waals surface area contributed by atoms with Crippen LogP contribution in [-0.2, 0) is 0 Å². The molecule has 0 saturated heterocycles. The Hall–Kier alpha value is -20.0. The van der Waals surface area contributed by atoms with Crippen molar-refractivity contribution in [3.63, 3.8) is 0 Å². The third-order valence-corrected chi connectivity index (χ3v) is 26.5. The highest BCUT2D eigenvalue weighted by Gasteiger charge is 2.37. The molecule has 144 heavy (non-hydrogen) atoms. The average Bonchev–Trinajstić information content (AvgIpc) is 1.58. The first-order valence-corrected chi connectivity index (χ1v) is 47.9. The fourth-order valence-corrected chi connectivity index (χ4v) is 19.9. The van der Waals surface area contributed by atoms with E-state index in [1.807, 2.05) is 176 Å². The van der Waals surface area contributed by atoms with E-state index in [-0.39, 0.29) is 0 Å². The van der Waals surface area contributed by atoms with Crippen LogP contribution in [0.2, 0.25) is 0 Å². The van der Waals surface area contributed by atoms with Crippen molar-refractivity contribution in [2.75, 3.05) is 14.7 Å². The maximum Gasteiger partial charge on any atom is 0.241 e. The largest absolute Gasteiger partial charge is 0.279 e. The minimum Gasteiger partial charge on any atom is -0.279 e. The van der Waals surface area contributed by atoms with Crippen LogP contribution in [0.1, 0.15) is 0 Å². The van der Waals surface area contributed by atoms with Crippen molar-refractivity contribution >= 4 is 85.3 Å². The van der Waals surface area contributed by atoms with Gasteiger partial charge in [-0.05, 0) is 119 Å². The Balaban J connectivity index is 0.000000110. The second-order valence-corrected chi connectivity index (χ2v) is 35.1. The Bertz CT molecular complexity index is 9120. The lowest BCUT2D eigenvalue weighted by Crippen LogP contribution is -2.18. The molecule has 0 radical (unpaired) electrons. The van der Waals surface area contributed by atoms with Gasteiger partial charge in [0.05, 0.1) is 78.6 Å². The Morgan fingerprint density at radius 2 is 0.319 bits per heavy atom. The van der Waals surface area contributed by atoms with E-state index in [0.717, 1.165) is 191 Å². The number of anilines is 9. The predicted molar refractivity (Wildman–Crippen MR) is 579 cm³/mol. The Morgan fingerprint density at radius 1 is 0.118 bits per heavy atom. The highest BCUT2D eigenvalue weighted by Crippen LogP contribution is 2.54. The van der Waals surface area contributed by atoms with Crippen molar-refractivity contribution in [3.8, 4) is 164 Å². The van der Waals surface area contributed by atoms with E-state index in [9.17, 15) is 0 Å². The summed E-state index contributed by atoms with van der Waals surface area (Å²) in [6.45, 7) is 0. The fraction of sp³-hybridized carbons (Fsp3) is 0. The number of imidazole rings is 3. The molecular formula is C126H82N18. The van der Waals surface area contributed by atoms with Crippen molar-refractivity contribution in [2.24, 2.45) is 0 Å². The quantitative estimate of drug-likeness (QED) is 0.106. The fourth-order valence-electron chi connectivity index (χ4n) is 19.9. The summed E-state index contributed by atoms with van der Waals surface area (Å²) in [7, 11) is 0. The summed E-state index contributed by atoms with van der Waals surface area (Å²) in [6, 6.07) is 170. The van der Waals surface area contributed by atoms with Crippen molar-refractivity contribution < 1.29 is 0 Å². The monoisotopic (exact) mass is 1850 g/mol. The molecule has 9 heterocycles. The molecule has 676 valence electrons. The van der Waals surface area contributed by atoms with E-state index >= 15 is 0 Å². The summed E-state index contributed by atoms with van der Waals surface area (Å²) in [6.07, 6.45) is 0. The molecule has 3 aliphatic rings. The normalized spacial score (nSPS) is 11.8. The number of benzene rings is 19. The third kappa shape index (κ3) is 15.3. The van der Waals surface area contributed by atoms with Gasteiger partial charge in [-0.1, -0.05) is 400 Å². The SMILES string of the molecule is c1ccc(-c2ccc(-c3nc(-c4ccccc4)nc(-c4ccccc4N4c5ccccc5-c5ccccc5-n5c4nc4ccccc45)n3)cc2)cc1.c1ccc(-c2nc(-c3ccccc3)nc(-c3ccccc3N3c4ccccc4-c4ccccc4-n4c3nc3ccccc34)n2)cc1.c1ccc(-c2nc(-c3ccccc3-c3ccccc3)nc(N3c4ccccc4-c4ccccc4-n4c3nc3ccccc34)n2)cc1. The van der Waals surface area contributed by atoms with Gasteiger partial charge in [-0.25, -0.2) is 54.7 Å². The lowest BCUT2D eigenvalue weighted by Gasteiger charge is -2.26. The van der Waals surface area contributed by atoms with E-state index in [1.165, 1.54) is 0 Å². The zero-order chi connectivity index (χ0) is 95.3. The number of rotatable bonds is 13. The first-order valence-electron chi connectivity index (χ1n) is 47.9. The molecular weight excluding hydrogens is 1770 g/mol. The van der Waals surface area contributed by atoms with Crippen molar-refractivity contribution in [2.45, 2.75) is 0 Å². The summed E-state index contributed by atoms with van der Waals surface area (Å²) >= 11 is 0. The second kappa shape index (κ2) is 36.5. The van der Waals surface area contributed by atoms with Crippen LogP contribution in [0, 0.1) is 0 Å². The van der Waals surface area contributed by atoms with Crippen molar-refractivity contribution in [1.29, 1.82) is 0 Å². The minimum absolute atomic E-state index is 0.489. The van der Waals surface area contributed by atoms with Gasteiger partial charge in [0, 0.05) is 77.9 Å². The van der Waals surface area contributed by atoms with Crippen molar-refractivity contribution in [1.82, 2.24) is 73.5 Å². The summed E-state index contributed by atoms with van der Waals surface area (Å²) in [5.74, 6) is 7.59. The van der Waals surface area contributed by atoms with E-state index in [0.29, 0.717) is 58.5 Å². The first kappa shape index (κ1) is 84.5. The maximum absolute atomic E-state index is 5.30. The van der Waals surface area contributed by atoms with Crippen LogP contribution in [0.4, 0.5) is 52.2 Å². The van der Waals surface area contributed by atoms with Crippen LogP contribution in [-0.4, -0.2) is 73.5 Å². The Morgan fingerprint density at radius 3 is 0.667 bits per heavy atom. The molecule has 0 fully saturated rings. The smallest absolute Gasteiger partial charge is 0.241 e. The molecule has 25 aromatic rings. The summed E-state index contributed by atoms with van der Waals surface area (Å²) in [4.78, 5) is 68.4. The zero-order valence-electron chi connectivity index (χ0n) is 77.4. The number of hydrogen-bond acceptors (Lipinski definition) is 15. The molecule has 3 aliphatic heterocycles. The number of para-hydroxylation sites is 14. The van der Waals surface area contributed by atoms with Gasteiger partial charge >= 0.3 is 0 Å². The number of fused-ring (bicyclic) bond motifs is 21. The number of aromatic nitrogens is 15. The van der Waals surface area contributed by atoms with Gasteiger partial charge in [-0.3, -0.25) is 23.5 Å². The molecule has 0 unspecified atom stereocenters. The van der Waals surface area contributed by atoms with Gasteiger partial charge in [0.1, 0.15) is 0 Å². The Labute approximate surface area is 829 Å². The zero-order valence-corrected chi connectivity index (χ0v) is 77.4. The summed E-state index contributed by atoms with van der Waals surface area (Å²) in [5, 5.41) is 0. The first-order chi connectivity index (χ1) is 71.5. The van der Waals surface area contributed by atoms with E-state index in [1.54, 1.807) is 0 Å². The summed E-state index contributed by atoms with van der Waals surface area (Å²) in [5.41, 5.74) is 32.2. The molecule has 0 spiro atoms. The van der Waals surface area contributed by atoms with Gasteiger partial charge in [0.25, 0.3) is 0 Å². The topological polar surface area (TPSA) is 179 Å². The lowest BCUT2D eigenvalue weighted by molar-refractivity contribution is 0.974. The molecule has 0 saturated carbocycles. The van der Waals surface area contributed by atoms with E-state index in [2.05, 4.69) is 350 Å². The number of hydrogen-bond donors (Lipinski definition) is 0. The van der Waals surface area contributed by atoms with Gasteiger partial charge < -0.3 is 0 Å². The van der Waals surface area contributed by atoms with Gasteiger partial charge in [0.15, 0.2) is 46.6 Å². The third-order valence-electron chi connectivity index (χ3n) is 26.5. The molecule has 18 heteroatoms. The van der Waals surface area contributed by atoms with Crippen LogP contribution >= 0.6 is 0 Å². The van der Waals surface area contributed by atoms with E-state index in [4.69, 9.17) is 59.8 Å². The Kier molecular flexibility index (Phi) is 21.4. The molecule has 0 N–H and O–H groups in total. The van der Waals surface area contributed by atoms with Crippen LogP contribution in [0.3, 0.4) is 0 Å². The predicted octanol–water partition coefficient (Wildman–Crippen LogP) is 30.7. The highest BCUT2D eigenvalue weighted by atomic mass is 15.4. The average molecular weight is 1850 g/mol. The van der Waals surface area contributed by atoms with Crippen LogP contribution in [0.5, 0.6) is 0 Å².